The van der Waals surface area contributed by atoms with Crippen molar-refractivity contribution in [2.75, 3.05) is 5.73 Å². The summed E-state index contributed by atoms with van der Waals surface area (Å²) >= 11 is 1.27. The highest BCUT2D eigenvalue weighted by Crippen LogP contribution is 2.27. The second kappa shape index (κ2) is 4.77. The van der Waals surface area contributed by atoms with Crippen LogP contribution in [0.4, 0.5) is 5.82 Å². The predicted octanol–water partition coefficient (Wildman–Crippen LogP) is 1.22. The first-order valence-electron chi connectivity index (χ1n) is 5.32. The van der Waals surface area contributed by atoms with Crippen LogP contribution in [0.15, 0.2) is 21.0 Å². The molecule has 0 amide bonds. The van der Waals surface area contributed by atoms with Crippen LogP contribution in [0.1, 0.15) is 17.1 Å². The van der Waals surface area contributed by atoms with Crippen LogP contribution in [0.3, 0.4) is 0 Å². The largest absolute Gasteiger partial charge is 0.383 e. The summed E-state index contributed by atoms with van der Waals surface area (Å²) in [5.74, 6) is 1.04. The molecule has 0 aliphatic rings. The molecule has 2 rings (SSSR count). The van der Waals surface area contributed by atoms with Gasteiger partial charge in [0, 0.05) is 17.3 Å². The molecule has 7 heteroatoms. The molecule has 2 aromatic heterocycles. The monoisotopic (exact) mass is 263 g/mol. The molecule has 0 unspecified atom stereocenters. The van der Waals surface area contributed by atoms with E-state index in [-0.39, 0.29) is 5.56 Å². The minimum absolute atomic E-state index is 0.179. The number of H-pyrrole nitrogens is 1. The quantitative estimate of drug-likeness (QED) is 0.624. The molecule has 0 aromatic carbocycles. The molecule has 0 fully saturated rings. The fraction of sp³-hybridized carbons (Fsp3) is 0.273. The summed E-state index contributed by atoms with van der Waals surface area (Å²) in [5.41, 5.74) is 7.05. The van der Waals surface area contributed by atoms with Gasteiger partial charge in [-0.25, -0.2) is 15.0 Å². The lowest BCUT2D eigenvalue weighted by atomic mass is 10.3. The van der Waals surface area contributed by atoms with Gasteiger partial charge in [-0.05, 0) is 32.5 Å². The van der Waals surface area contributed by atoms with Crippen LogP contribution in [-0.4, -0.2) is 19.9 Å². The minimum Gasteiger partial charge on any atom is -0.383 e. The molecule has 0 bridgehead atoms. The van der Waals surface area contributed by atoms with Gasteiger partial charge in [0.1, 0.15) is 16.7 Å². The van der Waals surface area contributed by atoms with Gasteiger partial charge in [-0.1, -0.05) is 0 Å². The zero-order valence-electron chi connectivity index (χ0n) is 10.3. The van der Waals surface area contributed by atoms with E-state index in [9.17, 15) is 4.79 Å². The highest BCUT2D eigenvalue weighted by Gasteiger charge is 2.10. The first-order chi connectivity index (χ1) is 8.45. The maximum atomic E-state index is 11.4. The molecule has 0 aliphatic heterocycles. The third-order valence-electron chi connectivity index (χ3n) is 2.29. The van der Waals surface area contributed by atoms with Crippen molar-refractivity contribution in [1.82, 2.24) is 19.9 Å². The highest BCUT2D eigenvalue weighted by molar-refractivity contribution is 7.99. The minimum atomic E-state index is -0.179. The Bertz CT molecular complexity index is 652. The van der Waals surface area contributed by atoms with Crippen LogP contribution < -0.4 is 11.3 Å². The van der Waals surface area contributed by atoms with E-state index >= 15 is 0 Å². The molecule has 6 nitrogen and oxygen atoms in total. The molecule has 18 heavy (non-hydrogen) atoms. The zero-order chi connectivity index (χ0) is 13.3. The van der Waals surface area contributed by atoms with Crippen LogP contribution in [0, 0.1) is 20.8 Å². The van der Waals surface area contributed by atoms with Crippen LogP contribution in [0.5, 0.6) is 0 Å². The fourth-order valence-corrected chi connectivity index (χ4v) is 2.37. The third-order valence-corrected chi connectivity index (χ3v) is 3.27. The average Bonchev–Trinajstić information content (AvgIpc) is 2.23. The number of aryl methyl sites for hydroxylation is 2. The number of hydrogen-bond donors (Lipinski definition) is 2. The van der Waals surface area contributed by atoms with Crippen molar-refractivity contribution in [1.29, 1.82) is 0 Å². The lowest BCUT2D eigenvalue weighted by molar-refractivity contribution is 0.891. The number of nitrogen functional groups attached to an aromatic ring is 1. The number of nitrogens with two attached hydrogens (primary N) is 1. The Morgan fingerprint density at radius 1 is 1.22 bits per heavy atom. The van der Waals surface area contributed by atoms with E-state index in [0.29, 0.717) is 27.5 Å². The lowest BCUT2D eigenvalue weighted by Crippen LogP contribution is -2.08. The van der Waals surface area contributed by atoms with Gasteiger partial charge in [0.2, 0.25) is 0 Å². The van der Waals surface area contributed by atoms with Crippen molar-refractivity contribution in [2.24, 2.45) is 0 Å². The van der Waals surface area contributed by atoms with E-state index in [1.54, 1.807) is 13.8 Å². The number of rotatable bonds is 2. The molecule has 0 saturated heterocycles. The third kappa shape index (κ3) is 2.67. The first kappa shape index (κ1) is 12.6. The van der Waals surface area contributed by atoms with Gasteiger partial charge in [0.05, 0.1) is 0 Å². The molecular weight excluding hydrogens is 250 g/mol. The van der Waals surface area contributed by atoms with E-state index in [1.807, 2.05) is 6.92 Å². The fourth-order valence-electron chi connectivity index (χ4n) is 1.41. The first-order valence-corrected chi connectivity index (χ1v) is 6.14. The maximum absolute atomic E-state index is 11.4. The number of aromatic nitrogens is 4. The number of hydrogen-bond acceptors (Lipinski definition) is 6. The summed E-state index contributed by atoms with van der Waals surface area (Å²) in [4.78, 5) is 26.6. The van der Waals surface area contributed by atoms with Gasteiger partial charge in [-0.2, -0.15) is 0 Å². The number of nitrogens with zero attached hydrogens (tertiary/aromatic N) is 3. The molecule has 0 radical (unpaired) electrons. The maximum Gasteiger partial charge on any atom is 0.251 e. The summed E-state index contributed by atoms with van der Waals surface area (Å²) in [6, 6.07) is 1.44. The van der Waals surface area contributed by atoms with Crippen LogP contribution in [0.2, 0.25) is 0 Å². The van der Waals surface area contributed by atoms with E-state index in [4.69, 9.17) is 5.73 Å². The summed E-state index contributed by atoms with van der Waals surface area (Å²) in [7, 11) is 0. The molecule has 0 spiro atoms. The van der Waals surface area contributed by atoms with Gasteiger partial charge in [0.15, 0.2) is 5.16 Å². The second-order valence-corrected chi connectivity index (χ2v) is 4.86. The summed E-state index contributed by atoms with van der Waals surface area (Å²) < 4.78 is 0. The summed E-state index contributed by atoms with van der Waals surface area (Å²) in [6.07, 6.45) is 0. The SMILES string of the molecule is Cc1cc(=O)[nH]c(Sc2nc(C)nc(N)c2C)n1. The van der Waals surface area contributed by atoms with Crippen LogP contribution >= 0.6 is 11.8 Å². The van der Waals surface area contributed by atoms with E-state index < -0.39 is 0 Å². The van der Waals surface area contributed by atoms with Crippen molar-refractivity contribution in [3.63, 3.8) is 0 Å². The van der Waals surface area contributed by atoms with Crippen molar-refractivity contribution >= 4 is 17.6 Å². The molecule has 2 heterocycles. The van der Waals surface area contributed by atoms with Crippen LogP contribution in [-0.2, 0) is 0 Å². The standard InChI is InChI=1S/C11H13N5OS/c1-5-4-8(17)16-11(13-5)18-10-6(2)9(12)14-7(3)15-10/h4H,1-3H3,(H2,12,14,15)(H,13,16,17). The number of nitrogens with one attached hydrogen (secondary N) is 1. The normalized spacial score (nSPS) is 10.6. The van der Waals surface area contributed by atoms with Gasteiger partial charge in [-0.15, -0.1) is 0 Å². The predicted molar refractivity (Wildman–Crippen MR) is 69.6 cm³/mol. The van der Waals surface area contributed by atoms with Crippen LogP contribution in [0.25, 0.3) is 0 Å². The Hall–Kier alpha value is -1.89. The Morgan fingerprint density at radius 3 is 2.61 bits per heavy atom. The molecule has 0 aliphatic carbocycles. The van der Waals surface area contributed by atoms with Gasteiger partial charge in [0.25, 0.3) is 5.56 Å². The van der Waals surface area contributed by atoms with E-state index in [2.05, 4.69) is 19.9 Å². The molecular formula is C11H13N5OS. The van der Waals surface area contributed by atoms with Gasteiger partial charge in [-0.3, -0.25) is 4.79 Å². The zero-order valence-corrected chi connectivity index (χ0v) is 11.1. The topological polar surface area (TPSA) is 97.5 Å². The smallest absolute Gasteiger partial charge is 0.251 e. The Kier molecular flexibility index (Phi) is 3.33. The van der Waals surface area contributed by atoms with E-state index in [1.165, 1.54) is 17.8 Å². The van der Waals surface area contributed by atoms with Crippen molar-refractivity contribution in [3.8, 4) is 0 Å². The number of aromatic amines is 1. The molecule has 3 N–H and O–H groups in total. The molecule has 0 atom stereocenters. The summed E-state index contributed by atoms with van der Waals surface area (Å²) in [6.45, 7) is 5.38. The lowest BCUT2D eigenvalue weighted by Gasteiger charge is -2.07. The van der Waals surface area contributed by atoms with Gasteiger partial charge >= 0.3 is 0 Å². The van der Waals surface area contributed by atoms with Crippen molar-refractivity contribution < 1.29 is 0 Å². The molecule has 94 valence electrons. The summed E-state index contributed by atoms with van der Waals surface area (Å²) in [5, 5.41) is 1.20. The Labute approximate surface area is 108 Å². The van der Waals surface area contributed by atoms with Gasteiger partial charge < -0.3 is 10.7 Å². The Balaban J connectivity index is 2.42. The molecule has 0 saturated carbocycles. The van der Waals surface area contributed by atoms with E-state index in [0.717, 1.165) is 5.56 Å². The number of anilines is 1. The van der Waals surface area contributed by atoms with Crippen molar-refractivity contribution in [3.05, 3.63) is 33.5 Å². The average molecular weight is 263 g/mol. The second-order valence-electron chi connectivity index (χ2n) is 3.88. The molecule has 2 aromatic rings. The highest BCUT2D eigenvalue weighted by atomic mass is 32.2. The Morgan fingerprint density at radius 2 is 1.94 bits per heavy atom. The van der Waals surface area contributed by atoms with Crippen molar-refractivity contribution in [2.45, 2.75) is 31.0 Å².